The second-order valence-electron chi connectivity index (χ2n) is 11.5. The van der Waals surface area contributed by atoms with E-state index >= 15 is 0 Å². The van der Waals surface area contributed by atoms with Crippen LogP contribution in [0.4, 0.5) is 0 Å². The molecule has 0 atom stereocenters. The predicted molar refractivity (Wildman–Crippen MR) is 153 cm³/mol. The van der Waals surface area contributed by atoms with Gasteiger partial charge in [-0.3, -0.25) is 0 Å². The number of hydrogen-bond donors (Lipinski definition) is 0. The van der Waals surface area contributed by atoms with E-state index in [1.54, 1.807) is 0 Å². The monoisotopic (exact) mass is 476 g/mol. The molecule has 0 bridgehead atoms. The molecule has 0 amide bonds. The zero-order valence-corrected chi connectivity index (χ0v) is 23.1. The van der Waals surface area contributed by atoms with Crippen LogP contribution >= 0.6 is 0 Å². The van der Waals surface area contributed by atoms with Crippen LogP contribution in [0.5, 0.6) is 5.75 Å². The SMILES string of the molecule is CCCCCCCCCCCOc1ccc(-c2ccc(C3CCC(CCC(C)C)CC3)cc2)cc1. The summed E-state index contributed by atoms with van der Waals surface area (Å²) in [5.74, 6) is 3.57. The van der Waals surface area contributed by atoms with Gasteiger partial charge in [-0.05, 0) is 78.7 Å². The summed E-state index contributed by atoms with van der Waals surface area (Å²) < 4.78 is 5.99. The summed E-state index contributed by atoms with van der Waals surface area (Å²) in [6, 6.07) is 18.1. The zero-order chi connectivity index (χ0) is 24.7. The van der Waals surface area contributed by atoms with Gasteiger partial charge in [0.15, 0.2) is 0 Å². The first-order chi connectivity index (χ1) is 17.2. The molecule has 0 saturated heterocycles. The van der Waals surface area contributed by atoms with Gasteiger partial charge in [-0.1, -0.05) is 121 Å². The number of rotatable bonds is 16. The second-order valence-corrected chi connectivity index (χ2v) is 11.5. The summed E-state index contributed by atoms with van der Waals surface area (Å²) in [5.41, 5.74) is 4.13. The van der Waals surface area contributed by atoms with Crippen LogP contribution in [0.25, 0.3) is 11.1 Å². The summed E-state index contributed by atoms with van der Waals surface area (Å²) in [6.45, 7) is 7.83. The number of benzene rings is 2. The fourth-order valence-electron chi connectivity index (χ4n) is 5.65. The maximum absolute atomic E-state index is 5.99. The Morgan fingerprint density at radius 2 is 1.23 bits per heavy atom. The summed E-state index contributed by atoms with van der Waals surface area (Å²) in [5, 5.41) is 0. The first-order valence-corrected chi connectivity index (χ1v) is 15.0. The van der Waals surface area contributed by atoms with Crippen LogP contribution in [0.2, 0.25) is 0 Å². The second kappa shape index (κ2) is 16.1. The zero-order valence-electron chi connectivity index (χ0n) is 23.1. The van der Waals surface area contributed by atoms with Gasteiger partial charge < -0.3 is 4.74 Å². The molecule has 0 unspecified atom stereocenters. The third-order valence-corrected chi connectivity index (χ3v) is 8.09. The largest absolute Gasteiger partial charge is 0.494 e. The van der Waals surface area contributed by atoms with Gasteiger partial charge in [-0.15, -0.1) is 0 Å². The lowest BCUT2D eigenvalue weighted by molar-refractivity contribution is 0.293. The molecule has 3 rings (SSSR count). The van der Waals surface area contributed by atoms with Crippen molar-refractivity contribution in [3.05, 3.63) is 54.1 Å². The molecule has 1 heteroatoms. The van der Waals surface area contributed by atoms with E-state index in [2.05, 4.69) is 69.3 Å². The van der Waals surface area contributed by atoms with E-state index in [4.69, 9.17) is 4.74 Å². The minimum absolute atomic E-state index is 0.760. The van der Waals surface area contributed by atoms with Gasteiger partial charge in [-0.2, -0.15) is 0 Å². The number of ether oxygens (including phenoxy) is 1. The van der Waals surface area contributed by atoms with Crippen LogP contribution in [-0.4, -0.2) is 6.61 Å². The van der Waals surface area contributed by atoms with E-state index in [0.717, 1.165) is 36.5 Å². The molecule has 2 aromatic carbocycles. The minimum Gasteiger partial charge on any atom is -0.494 e. The molecule has 0 aliphatic heterocycles. The van der Waals surface area contributed by atoms with Crippen LogP contribution in [0.3, 0.4) is 0 Å². The predicted octanol–water partition coefficient (Wildman–Crippen LogP) is 11.0. The molecule has 0 radical (unpaired) electrons. The Balaban J connectivity index is 1.34. The summed E-state index contributed by atoms with van der Waals surface area (Å²) in [6.07, 6.45) is 20.6. The highest BCUT2D eigenvalue weighted by Crippen LogP contribution is 2.38. The third-order valence-electron chi connectivity index (χ3n) is 8.09. The first kappa shape index (κ1) is 27.8. The molecule has 0 spiro atoms. The quantitative estimate of drug-likeness (QED) is 0.219. The molecule has 194 valence electrons. The first-order valence-electron chi connectivity index (χ1n) is 15.0. The van der Waals surface area contributed by atoms with E-state index < -0.39 is 0 Å². The van der Waals surface area contributed by atoms with E-state index in [1.165, 1.54) is 107 Å². The highest BCUT2D eigenvalue weighted by atomic mass is 16.5. The fourth-order valence-corrected chi connectivity index (χ4v) is 5.65. The van der Waals surface area contributed by atoms with Gasteiger partial charge >= 0.3 is 0 Å². The van der Waals surface area contributed by atoms with Crippen LogP contribution in [0.15, 0.2) is 48.5 Å². The summed E-state index contributed by atoms with van der Waals surface area (Å²) in [7, 11) is 0. The average Bonchev–Trinajstić information content (AvgIpc) is 2.89. The number of hydrogen-bond acceptors (Lipinski definition) is 1. The van der Waals surface area contributed by atoms with E-state index in [0.29, 0.717) is 0 Å². The topological polar surface area (TPSA) is 9.23 Å². The van der Waals surface area contributed by atoms with Crippen molar-refractivity contribution in [3.8, 4) is 16.9 Å². The molecule has 0 heterocycles. The molecule has 1 saturated carbocycles. The highest BCUT2D eigenvalue weighted by molar-refractivity contribution is 5.64. The Morgan fingerprint density at radius 1 is 0.686 bits per heavy atom. The summed E-state index contributed by atoms with van der Waals surface area (Å²) in [4.78, 5) is 0. The molecule has 0 aromatic heterocycles. The van der Waals surface area contributed by atoms with Crippen LogP contribution in [0.1, 0.15) is 129 Å². The molecule has 2 aromatic rings. The molecule has 1 nitrogen and oxygen atoms in total. The van der Waals surface area contributed by atoms with Gasteiger partial charge in [0.05, 0.1) is 6.61 Å². The van der Waals surface area contributed by atoms with Crippen molar-refractivity contribution >= 4 is 0 Å². The standard InChI is InChI=1S/C34H52O/c1-4-5-6-7-8-9-10-11-12-27-35-34-25-23-33(24-26-34)32-21-19-31(20-22-32)30-17-15-29(16-18-30)14-13-28(2)3/h19-26,28-30H,4-18,27H2,1-3H3. The summed E-state index contributed by atoms with van der Waals surface area (Å²) >= 11 is 0. The van der Waals surface area contributed by atoms with Crippen LogP contribution in [0, 0.1) is 11.8 Å². The van der Waals surface area contributed by atoms with Crippen molar-refractivity contribution in [2.24, 2.45) is 11.8 Å². The molecule has 35 heavy (non-hydrogen) atoms. The van der Waals surface area contributed by atoms with Crippen molar-refractivity contribution in [2.75, 3.05) is 6.61 Å². The van der Waals surface area contributed by atoms with Crippen molar-refractivity contribution in [1.29, 1.82) is 0 Å². The Bertz CT molecular complexity index is 780. The van der Waals surface area contributed by atoms with E-state index in [9.17, 15) is 0 Å². The van der Waals surface area contributed by atoms with Crippen molar-refractivity contribution < 1.29 is 4.74 Å². The van der Waals surface area contributed by atoms with Gasteiger partial charge in [0.2, 0.25) is 0 Å². The Hall–Kier alpha value is -1.76. The van der Waals surface area contributed by atoms with E-state index in [-0.39, 0.29) is 0 Å². The van der Waals surface area contributed by atoms with Crippen molar-refractivity contribution in [3.63, 3.8) is 0 Å². The van der Waals surface area contributed by atoms with Gasteiger partial charge in [0.1, 0.15) is 5.75 Å². The lowest BCUT2D eigenvalue weighted by Crippen LogP contribution is -2.14. The normalized spacial score (nSPS) is 18.2. The maximum Gasteiger partial charge on any atom is 0.119 e. The molecular weight excluding hydrogens is 424 g/mol. The molecule has 1 aliphatic carbocycles. The van der Waals surface area contributed by atoms with Crippen molar-refractivity contribution in [2.45, 2.75) is 123 Å². The van der Waals surface area contributed by atoms with Gasteiger partial charge in [0, 0.05) is 0 Å². The highest BCUT2D eigenvalue weighted by Gasteiger charge is 2.22. The Kier molecular flexibility index (Phi) is 12.8. The molecule has 1 aliphatic rings. The Labute approximate surface area is 217 Å². The molecular formula is C34H52O. The smallest absolute Gasteiger partial charge is 0.119 e. The lowest BCUT2D eigenvalue weighted by atomic mass is 9.76. The maximum atomic E-state index is 5.99. The average molecular weight is 477 g/mol. The van der Waals surface area contributed by atoms with Gasteiger partial charge in [0.25, 0.3) is 0 Å². The van der Waals surface area contributed by atoms with Gasteiger partial charge in [-0.25, -0.2) is 0 Å². The third kappa shape index (κ3) is 10.4. The molecule has 1 fully saturated rings. The fraction of sp³-hybridized carbons (Fsp3) is 0.647. The minimum atomic E-state index is 0.760. The van der Waals surface area contributed by atoms with Crippen molar-refractivity contribution in [1.82, 2.24) is 0 Å². The van der Waals surface area contributed by atoms with E-state index in [1.807, 2.05) is 0 Å². The molecule has 0 N–H and O–H groups in total. The van der Waals surface area contributed by atoms with Crippen LogP contribution in [-0.2, 0) is 0 Å². The number of unbranched alkanes of at least 4 members (excludes halogenated alkanes) is 8. The Morgan fingerprint density at radius 3 is 1.80 bits per heavy atom. The van der Waals surface area contributed by atoms with Crippen LogP contribution < -0.4 is 4.74 Å². The lowest BCUT2D eigenvalue weighted by Gasteiger charge is -2.29.